The molecule has 1 aromatic heterocycles. The second-order valence-corrected chi connectivity index (χ2v) is 7.51. The lowest BCUT2D eigenvalue weighted by atomic mass is 9.75. The molecule has 3 rings (SSSR count). The minimum absolute atomic E-state index is 0.136. The van der Waals surface area contributed by atoms with Crippen LogP contribution in [0.3, 0.4) is 0 Å². The Balaban J connectivity index is 1.80. The highest BCUT2D eigenvalue weighted by Gasteiger charge is 2.43. The summed E-state index contributed by atoms with van der Waals surface area (Å²) >= 11 is 6.15. The molecule has 0 aliphatic carbocycles. The maximum atomic E-state index is 12.9. The Labute approximate surface area is 164 Å². The number of nitrogen functional groups attached to an aromatic ring is 1. The van der Waals surface area contributed by atoms with E-state index < -0.39 is 5.41 Å². The summed E-state index contributed by atoms with van der Waals surface area (Å²) in [6.07, 6.45) is 5.81. The van der Waals surface area contributed by atoms with Crippen LogP contribution in [0.25, 0.3) is 0 Å². The molecule has 0 radical (unpaired) electrons. The predicted octanol–water partition coefficient (Wildman–Crippen LogP) is 3.10. The highest BCUT2D eigenvalue weighted by Crippen LogP contribution is 2.36. The number of aromatic nitrogens is 2. The number of carbonyl (C=O) groups excluding carboxylic acids is 1. The van der Waals surface area contributed by atoms with Gasteiger partial charge in [0.05, 0.1) is 12.0 Å². The van der Waals surface area contributed by atoms with E-state index in [1.165, 1.54) is 0 Å². The first-order valence-electron chi connectivity index (χ1n) is 9.21. The van der Waals surface area contributed by atoms with Crippen LogP contribution < -0.4 is 5.73 Å². The zero-order valence-electron chi connectivity index (χ0n) is 15.5. The Hall–Kier alpha value is -2.18. The van der Waals surface area contributed by atoms with Crippen LogP contribution in [0.1, 0.15) is 30.9 Å². The molecule has 2 heterocycles. The van der Waals surface area contributed by atoms with E-state index in [-0.39, 0.29) is 11.9 Å². The number of hydrogen-bond donors (Lipinski definition) is 1. The van der Waals surface area contributed by atoms with Gasteiger partial charge in [-0.2, -0.15) is 0 Å². The summed E-state index contributed by atoms with van der Waals surface area (Å²) in [6.45, 7) is 4.44. The monoisotopic (exact) mass is 388 g/mol. The van der Waals surface area contributed by atoms with E-state index in [1.54, 1.807) is 12.4 Å². The van der Waals surface area contributed by atoms with Crippen LogP contribution in [0.4, 0.5) is 5.95 Å². The summed E-state index contributed by atoms with van der Waals surface area (Å²) in [5, 5.41) is 0.679. The standard InChI is InChI=1S/C20H25ClN4O2/c1-2-27-18(26)20(10-15-5-3-6-17(21)9-15)7-4-8-25(14-20)13-16-11-23-19(22)24-12-16/h3,5-6,9,11-12H,2,4,7-8,10,13-14H2,1H3,(H2,22,23,24). The highest BCUT2D eigenvalue weighted by molar-refractivity contribution is 6.30. The van der Waals surface area contributed by atoms with Gasteiger partial charge in [-0.1, -0.05) is 23.7 Å². The number of nitrogens with zero attached hydrogens (tertiary/aromatic N) is 3. The van der Waals surface area contributed by atoms with E-state index >= 15 is 0 Å². The van der Waals surface area contributed by atoms with E-state index in [0.717, 1.165) is 30.5 Å². The van der Waals surface area contributed by atoms with Crippen molar-refractivity contribution >= 4 is 23.5 Å². The topological polar surface area (TPSA) is 81.3 Å². The number of benzene rings is 1. The van der Waals surface area contributed by atoms with E-state index in [4.69, 9.17) is 22.1 Å². The summed E-state index contributed by atoms with van der Waals surface area (Å²) in [4.78, 5) is 23.3. The maximum absolute atomic E-state index is 12.9. The van der Waals surface area contributed by atoms with Crippen molar-refractivity contribution in [2.45, 2.75) is 32.7 Å². The fourth-order valence-electron chi connectivity index (χ4n) is 3.77. The molecule has 0 saturated carbocycles. The summed E-state index contributed by atoms with van der Waals surface area (Å²) < 4.78 is 5.46. The molecule has 27 heavy (non-hydrogen) atoms. The van der Waals surface area contributed by atoms with Gasteiger partial charge in [0.2, 0.25) is 5.95 Å². The summed E-state index contributed by atoms with van der Waals surface area (Å²) in [6, 6.07) is 7.70. The van der Waals surface area contributed by atoms with Crippen molar-refractivity contribution in [1.29, 1.82) is 0 Å². The molecule has 144 valence electrons. The van der Waals surface area contributed by atoms with Crippen molar-refractivity contribution in [3.63, 3.8) is 0 Å². The van der Waals surface area contributed by atoms with Crippen LogP contribution in [0, 0.1) is 5.41 Å². The Morgan fingerprint density at radius 1 is 1.33 bits per heavy atom. The molecular weight excluding hydrogens is 364 g/mol. The Bertz CT molecular complexity index is 784. The minimum atomic E-state index is -0.576. The molecule has 1 aliphatic rings. The quantitative estimate of drug-likeness (QED) is 0.766. The number of piperidine rings is 1. The van der Waals surface area contributed by atoms with Gasteiger partial charge in [0, 0.05) is 36.1 Å². The van der Waals surface area contributed by atoms with Crippen LogP contribution in [0.2, 0.25) is 5.02 Å². The molecule has 0 spiro atoms. The Kier molecular flexibility index (Phi) is 6.29. The third kappa shape index (κ3) is 4.96. The number of anilines is 1. The second-order valence-electron chi connectivity index (χ2n) is 7.07. The van der Waals surface area contributed by atoms with Crippen molar-refractivity contribution in [2.75, 3.05) is 25.4 Å². The minimum Gasteiger partial charge on any atom is -0.466 e. The smallest absolute Gasteiger partial charge is 0.313 e. The molecule has 0 amide bonds. The summed E-state index contributed by atoms with van der Waals surface area (Å²) in [7, 11) is 0. The molecule has 1 aromatic carbocycles. The van der Waals surface area contributed by atoms with E-state index in [9.17, 15) is 4.79 Å². The van der Waals surface area contributed by atoms with Crippen molar-refractivity contribution in [3.8, 4) is 0 Å². The van der Waals surface area contributed by atoms with Crippen LogP contribution in [-0.4, -0.2) is 40.5 Å². The van der Waals surface area contributed by atoms with Crippen molar-refractivity contribution in [3.05, 3.63) is 52.8 Å². The molecule has 1 atom stereocenters. The van der Waals surface area contributed by atoms with Crippen molar-refractivity contribution in [2.24, 2.45) is 5.41 Å². The molecule has 6 nitrogen and oxygen atoms in total. The average molecular weight is 389 g/mol. The number of halogens is 1. The molecule has 2 N–H and O–H groups in total. The normalized spacial score (nSPS) is 20.4. The van der Waals surface area contributed by atoms with E-state index in [2.05, 4.69) is 14.9 Å². The lowest BCUT2D eigenvalue weighted by Crippen LogP contribution is -2.49. The number of esters is 1. The first-order valence-corrected chi connectivity index (χ1v) is 9.59. The van der Waals surface area contributed by atoms with E-state index in [0.29, 0.717) is 31.1 Å². The molecule has 7 heteroatoms. The molecule has 1 saturated heterocycles. The second kappa shape index (κ2) is 8.67. The number of ether oxygens (including phenoxy) is 1. The third-order valence-electron chi connectivity index (χ3n) is 4.93. The number of hydrogen-bond acceptors (Lipinski definition) is 6. The maximum Gasteiger partial charge on any atom is 0.313 e. The van der Waals surface area contributed by atoms with Gasteiger partial charge in [-0.25, -0.2) is 9.97 Å². The van der Waals surface area contributed by atoms with Gasteiger partial charge < -0.3 is 10.5 Å². The van der Waals surface area contributed by atoms with Gasteiger partial charge in [-0.15, -0.1) is 0 Å². The van der Waals surface area contributed by atoms with Gasteiger partial charge >= 0.3 is 5.97 Å². The van der Waals surface area contributed by atoms with Crippen LogP contribution in [0.5, 0.6) is 0 Å². The molecule has 0 bridgehead atoms. The Morgan fingerprint density at radius 2 is 2.11 bits per heavy atom. The van der Waals surface area contributed by atoms with E-state index in [1.807, 2.05) is 31.2 Å². The summed E-state index contributed by atoms with van der Waals surface area (Å²) in [5.74, 6) is 0.127. The fourth-order valence-corrected chi connectivity index (χ4v) is 3.98. The molecule has 2 aromatic rings. The zero-order valence-corrected chi connectivity index (χ0v) is 16.3. The molecule has 1 unspecified atom stereocenters. The number of rotatable bonds is 6. The van der Waals surface area contributed by atoms with Crippen LogP contribution in [0.15, 0.2) is 36.7 Å². The summed E-state index contributed by atoms with van der Waals surface area (Å²) in [5.41, 5.74) is 7.02. The molecule has 1 fully saturated rings. The predicted molar refractivity (Wildman–Crippen MR) is 105 cm³/mol. The van der Waals surface area contributed by atoms with Gasteiger partial charge in [-0.3, -0.25) is 9.69 Å². The molecular formula is C20H25ClN4O2. The molecule has 1 aliphatic heterocycles. The number of carbonyl (C=O) groups is 1. The number of likely N-dealkylation sites (tertiary alicyclic amines) is 1. The number of nitrogens with two attached hydrogens (primary N) is 1. The largest absolute Gasteiger partial charge is 0.466 e. The SMILES string of the molecule is CCOC(=O)C1(Cc2cccc(Cl)c2)CCCN(Cc2cnc(N)nc2)C1. The van der Waals surface area contributed by atoms with Gasteiger partial charge in [-0.05, 0) is 50.4 Å². The van der Waals surface area contributed by atoms with Gasteiger partial charge in [0.25, 0.3) is 0 Å². The lowest BCUT2D eigenvalue weighted by molar-refractivity contribution is -0.159. The van der Waals surface area contributed by atoms with Gasteiger partial charge in [0.1, 0.15) is 0 Å². The third-order valence-corrected chi connectivity index (χ3v) is 5.16. The first kappa shape index (κ1) is 19.6. The van der Waals surface area contributed by atoms with Crippen molar-refractivity contribution in [1.82, 2.24) is 14.9 Å². The zero-order chi connectivity index (χ0) is 19.3. The fraction of sp³-hybridized carbons (Fsp3) is 0.450. The van der Waals surface area contributed by atoms with Crippen LogP contribution in [-0.2, 0) is 22.5 Å². The lowest BCUT2D eigenvalue weighted by Gasteiger charge is -2.41. The van der Waals surface area contributed by atoms with Crippen LogP contribution >= 0.6 is 11.6 Å². The Morgan fingerprint density at radius 3 is 2.81 bits per heavy atom. The average Bonchev–Trinajstić information content (AvgIpc) is 2.64. The van der Waals surface area contributed by atoms with Crippen molar-refractivity contribution < 1.29 is 9.53 Å². The van der Waals surface area contributed by atoms with Gasteiger partial charge in [0.15, 0.2) is 0 Å². The highest BCUT2D eigenvalue weighted by atomic mass is 35.5. The first-order chi connectivity index (χ1) is 13.0.